The van der Waals surface area contributed by atoms with Crippen molar-refractivity contribution in [3.8, 4) is 0 Å². The normalized spacial score (nSPS) is 10.4. The molecule has 2 N–H and O–H groups in total. The van der Waals surface area contributed by atoms with Gasteiger partial charge in [-0.25, -0.2) is 4.39 Å². The fraction of sp³-hybridized carbons (Fsp3) is 0.0833. The van der Waals surface area contributed by atoms with Gasteiger partial charge in [-0.2, -0.15) is 4.39 Å². The predicted molar refractivity (Wildman–Crippen MR) is 69.1 cm³/mol. The van der Waals surface area contributed by atoms with Crippen LogP contribution in [0.4, 0.5) is 20.2 Å². The molecule has 0 radical (unpaired) electrons. The summed E-state index contributed by atoms with van der Waals surface area (Å²) >= 11 is 3.12. The summed E-state index contributed by atoms with van der Waals surface area (Å²) in [6, 6.07) is 5.72. The minimum Gasteiger partial charge on any atom is -0.351 e. The van der Waals surface area contributed by atoms with Gasteiger partial charge < -0.3 is 10.3 Å². The number of nitrogens with one attached hydrogen (secondary N) is 2. The van der Waals surface area contributed by atoms with E-state index in [1.54, 1.807) is 13.0 Å². The number of aromatic nitrogens is 1. The van der Waals surface area contributed by atoms with Crippen LogP contribution in [0, 0.1) is 18.6 Å². The highest BCUT2D eigenvalue weighted by molar-refractivity contribution is 9.10. The Balaban J connectivity index is 2.43. The van der Waals surface area contributed by atoms with E-state index in [1.807, 2.05) is 0 Å². The summed E-state index contributed by atoms with van der Waals surface area (Å²) in [5.74, 6) is -1.51. The highest BCUT2D eigenvalue weighted by Crippen LogP contribution is 2.23. The number of anilines is 2. The Hall–Kier alpha value is -1.69. The maximum absolute atomic E-state index is 13.6. The lowest BCUT2D eigenvalue weighted by molar-refractivity contribution is 0.609. The van der Waals surface area contributed by atoms with Crippen molar-refractivity contribution < 1.29 is 8.78 Å². The van der Waals surface area contributed by atoms with Crippen molar-refractivity contribution in [1.29, 1.82) is 0 Å². The van der Waals surface area contributed by atoms with Crippen LogP contribution < -0.4 is 10.9 Å². The van der Waals surface area contributed by atoms with Gasteiger partial charge in [0.15, 0.2) is 0 Å². The molecule has 0 aliphatic rings. The summed E-state index contributed by atoms with van der Waals surface area (Å²) in [7, 11) is 0. The average molecular weight is 315 g/mol. The molecule has 0 fully saturated rings. The molecule has 0 spiro atoms. The lowest BCUT2D eigenvalue weighted by Crippen LogP contribution is -2.14. The van der Waals surface area contributed by atoms with Crippen LogP contribution >= 0.6 is 15.9 Å². The van der Waals surface area contributed by atoms with Crippen molar-refractivity contribution in [2.24, 2.45) is 0 Å². The number of H-pyrrole nitrogens is 1. The second-order valence-electron chi connectivity index (χ2n) is 3.76. The van der Waals surface area contributed by atoms with E-state index in [0.29, 0.717) is 10.2 Å². The van der Waals surface area contributed by atoms with E-state index in [1.165, 1.54) is 18.2 Å². The highest BCUT2D eigenvalue weighted by Gasteiger charge is 2.10. The van der Waals surface area contributed by atoms with Gasteiger partial charge in [-0.3, -0.25) is 4.79 Å². The molecule has 0 aliphatic carbocycles. The quantitative estimate of drug-likeness (QED) is 0.891. The maximum Gasteiger partial charge on any atom is 0.286 e. The summed E-state index contributed by atoms with van der Waals surface area (Å²) in [5.41, 5.74) is -0.309. The Morgan fingerprint density at radius 1 is 1.22 bits per heavy atom. The fourth-order valence-corrected chi connectivity index (χ4v) is 1.83. The van der Waals surface area contributed by atoms with Crippen LogP contribution in [0.25, 0.3) is 0 Å². The molecule has 0 unspecified atom stereocenters. The second-order valence-corrected chi connectivity index (χ2v) is 4.67. The molecule has 2 rings (SSSR count). The van der Waals surface area contributed by atoms with Crippen LogP contribution in [0.3, 0.4) is 0 Å². The van der Waals surface area contributed by atoms with E-state index >= 15 is 0 Å². The number of rotatable bonds is 2. The molecule has 1 aromatic heterocycles. The zero-order valence-electron chi connectivity index (χ0n) is 9.35. The van der Waals surface area contributed by atoms with Gasteiger partial charge in [0.2, 0.25) is 5.82 Å². The number of hydrogen-bond acceptors (Lipinski definition) is 2. The van der Waals surface area contributed by atoms with Crippen LogP contribution in [0.1, 0.15) is 5.69 Å². The van der Waals surface area contributed by atoms with Gasteiger partial charge in [0.1, 0.15) is 5.82 Å². The van der Waals surface area contributed by atoms with Crippen LogP contribution in [0.5, 0.6) is 0 Å². The molecule has 0 saturated heterocycles. The molecular formula is C12H9BrF2N2O. The summed E-state index contributed by atoms with van der Waals surface area (Å²) in [5, 5.41) is 2.56. The SMILES string of the molecule is Cc1cc(Nc2ccc(Br)cc2F)c(F)c(=O)[nH]1. The molecule has 0 saturated carbocycles. The summed E-state index contributed by atoms with van der Waals surface area (Å²) in [6.07, 6.45) is 0. The topological polar surface area (TPSA) is 44.9 Å². The first-order chi connectivity index (χ1) is 8.47. The van der Waals surface area contributed by atoms with Crippen LogP contribution in [0.2, 0.25) is 0 Å². The molecule has 0 bridgehead atoms. The monoisotopic (exact) mass is 314 g/mol. The van der Waals surface area contributed by atoms with Crippen molar-refractivity contribution in [3.05, 3.63) is 56.4 Å². The van der Waals surface area contributed by atoms with Crippen molar-refractivity contribution >= 4 is 27.3 Å². The molecule has 94 valence electrons. The number of aryl methyl sites for hydroxylation is 1. The lowest BCUT2D eigenvalue weighted by atomic mass is 10.2. The third-order valence-corrected chi connectivity index (χ3v) is 2.80. The number of benzene rings is 1. The van der Waals surface area contributed by atoms with Gasteiger partial charge in [-0.05, 0) is 31.2 Å². The molecule has 3 nitrogen and oxygen atoms in total. The minimum atomic E-state index is -0.970. The van der Waals surface area contributed by atoms with Crippen LogP contribution in [0.15, 0.2) is 33.5 Å². The average Bonchev–Trinajstić information content (AvgIpc) is 2.29. The first-order valence-corrected chi connectivity index (χ1v) is 5.88. The van der Waals surface area contributed by atoms with Gasteiger partial charge in [-0.1, -0.05) is 15.9 Å². The third kappa shape index (κ3) is 2.59. The number of halogens is 3. The Labute approximate surface area is 110 Å². The smallest absolute Gasteiger partial charge is 0.286 e. The standard InChI is InChI=1S/C12H9BrF2N2O/c1-6-4-10(11(15)12(18)16-6)17-9-3-2-7(13)5-8(9)14/h2-5H,1H3,(H2,16,17,18). The highest BCUT2D eigenvalue weighted by atomic mass is 79.9. The van der Waals surface area contributed by atoms with Crippen molar-refractivity contribution in [2.75, 3.05) is 5.32 Å². The van der Waals surface area contributed by atoms with Gasteiger partial charge in [0.05, 0.1) is 11.4 Å². The molecule has 6 heteroatoms. The Kier molecular flexibility index (Phi) is 3.47. The number of aromatic amines is 1. The summed E-state index contributed by atoms with van der Waals surface area (Å²) in [4.78, 5) is 13.5. The van der Waals surface area contributed by atoms with Crippen molar-refractivity contribution in [2.45, 2.75) is 6.92 Å². The van der Waals surface area contributed by atoms with Gasteiger partial charge in [0, 0.05) is 10.2 Å². The third-order valence-electron chi connectivity index (χ3n) is 2.31. The molecule has 0 atom stereocenters. The van der Waals surface area contributed by atoms with Gasteiger partial charge in [-0.15, -0.1) is 0 Å². The van der Waals surface area contributed by atoms with Crippen LogP contribution in [-0.2, 0) is 0 Å². The summed E-state index contributed by atoms with van der Waals surface area (Å²) < 4.78 is 27.7. The Bertz CT molecular complexity index is 655. The fourth-order valence-electron chi connectivity index (χ4n) is 1.50. The van der Waals surface area contributed by atoms with Gasteiger partial charge >= 0.3 is 0 Å². The molecule has 0 amide bonds. The number of hydrogen-bond donors (Lipinski definition) is 2. The Morgan fingerprint density at radius 3 is 2.61 bits per heavy atom. The Morgan fingerprint density at radius 2 is 1.94 bits per heavy atom. The van der Waals surface area contributed by atoms with E-state index < -0.39 is 17.2 Å². The predicted octanol–water partition coefficient (Wildman–Crippen LogP) is 3.47. The zero-order valence-corrected chi connectivity index (χ0v) is 10.9. The maximum atomic E-state index is 13.6. The van der Waals surface area contributed by atoms with Crippen molar-refractivity contribution in [1.82, 2.24) is 4.98 Å². The van der Waals surface area contributed by atoms with Crippen molar-refractivity contribution in [3.63, 3.8) is 0 Å². The molecule has 0 aliphatic heterocycles. The molecule has 1 heterocycles. The van der Waals surface area contributed by atoms with Crippen LogP contribution in [-0.4, -0.2) is 4.98 Å². The minimum absolute atomic E-state index is 0.0579. The second kappa shape index (κ2) is 4.89. The lowest BCUT2D eigenvalue weighted by Gasteiger charge is -2.09. The van der Waals surface area contributed by atoms with E-state index in [-0.39, 0.29) is 11.4 Å². The van der Waals surface area contributed by atoms with Gasteiger partial charge in [0.25, 0.3) is 5.56 Å². The zero-order chi connectivity index (χ0) is 13.3. The number of pyridine rings is 1. The van der Waals surface area contributed by atoms with E-state index in [4.69, 9.17) is 0 Å². The van der Waals surface area contributed by atoms with E-state index in [9.17, 15) is 13.6 Å². The molecule has 18 heavy (non-hydrogen) atoms. The molecular weight excluding hydrogens is 306 g/mol. The molecule has 1 aromatic carbocycles. The summed E-state index contributed by atoms with van der Waals surface area (Å²) in [6.45, 7) is 1.62. The van der Waals surface area contributed by atoms with E-state index in [0.717, 1.165) is 0 Å². The largest absolute Gasteiger partial charge is 0.351 e. The first-order valence-electron chi connectivity index (χ1n) is 5.09. The van der Waals surface area contributed by atoms with E-state index in [2.05, 4.69) is 26.2 Å². The first kappa shape index (κ1) is 12.8. The molecule has 2 aromatic rings.